The molecule has 0 aromatic heterocycles. The molecule has 3 aliphatic rings. The molecular formula is C19H25NO2. The second-order valence-corrected chi connectivity index (χ2v) is 7.64. The van der Waals surface area contributed by atoms with E-state index in [1.54, 1.807) is 0 Å². The number of nitrogens with zero attached hydrogens (tertiary/aromatic N) is 1. The van der Waals surface area contributed by atoms with Crippen LogP contribution in [0.1, 0.15) is 45.1 Å². The van der Waals surface area contributed by atoms with E-state index in [4.69, 9.17) is 0 Å². The van der Waals surface area contributed by atoms with Crippen molar-refractivity contribution in [3.8, 4) is 0 Å². The molecular weight excluding hydrogens is 274 g/mol. The summed E-state index contributed by atoms with van der Waals surface area (Å²) in [5, 5.41) is 10.6. The number of aliphatic hydroxyl groups excluding tert-OH is 1. The molecule has 3 nitrogen and oxygen atoms in total. The zero-order valence-corrected chi connectivity index (χ0v) is 13.5. The maximum atomic E-state index is 13.4. The average Bonchev–Trinajstić information content (AvgIpc) is 3.17. The summed E-state index contributed by atoms with van der Waals surface area (Å²) in [6.07, 6.45) is 3.26. The van der Waals surface area contributed by atoms with Crippen LogP contribution in [-0.2, 0) is 10.2 Å². The van der Waals surface area contributed by atoms with E-state index in [0.29, 0.717) is 5.91 Å². The third kappa shape index (κ3) is 1.39. The third-order valence-electron chi connectivity index (χ3n) is 7.09. The van der Waals surface area contributed by atoms with Crippen LogP contribution in [0.15, 0.2) is 30.3 Å². The van der Waals surface area contributed by atoms with Gasteiger partial charge in [0.1, 0.15) is 0 Å². The highest BCUT2D eigenvalue weighted by Gasteiger charge is 2.81. The highest BCUT2D eigenvalue weighted by atomic mass is 16.3. The summed E-state index contributed by atoms with van der Waals surface area (Å²) in [6, 6.07) is 10.3. The molecule has 1 amide bonds. The molecule has 3 heteroatoms. The lowest BCUT2D eigenvalue weighted by molar-refractivity contribution is -0.152. The van der Waals surface area contributed by atoms with Gasteiger partial charge in [-0.2, -0.15) is 0 Å². The Bertz CT molecular complexity index is 615. The first-order chi connectivity index (χ1) is 10.5. The fraction of sp³-hybridized carbons (Fsp3) is 0.632. The average molecular weight is 299 g/mol. The molecule has 2 aliphatic carbocycles. The maximum absolute atomic E-state index is 13.4. The standard InChI is InChI=1S/C19H25NO2/c1-3-20-12-11-18-13-17(18,2)15(21)9-10-19(18,16(20)22)14-7-5-4-6-8-14/h4-8,15,21H,3,9-13H2,1-2H3/t15?,17-,18+,19?/m0/s1. The van der Waals surface area contributed by atoms with Gasteiger partial charge in [-0.1, -0.05) is 37.3 Å². The van der Waals surface area contributed by atoms with Crippen LogP contribution in [0.3, 0.4) is 0 Å². The van der Waals surface area contributed by atoms with Gasteiger partial charge in [0.25, 0.3) is 0 Å². The van der Waals surface area contributed by atoms with Gasteiger partial charge in [-0.3, -0.25) is 4.79 Å². The van der Waals surface area contributed by atoms with Gasteiger partial charge in [-0.25, -0.2) is 0 Å². The molecule has 2 unspecified atom stereocenters. The van der Waals surface area contributed by atoms with E-state index in [-0.39, 0.29) is 16.9 Å². The van der Waals surface area contributed by atoms with Gasteiger partial charge in [0.15, 0.2) is 0 Å². The quantitative estimate of drug-likeness (QED) is 0.912. The van der Waals surface area contributed by atoms with Crippen LogP contribution in [0, 0.1) is 10.8 Å². The molecule has 1 aliphatic heterocycles. The zero-order valence-electron chi connectivity index (χ0n) is 13.5. The first kappa shape index (κ1) is 14.3. The highest BCUT2D eigenvalue weighted by molar-refractivity contribution is 5.91. The molecule has 4 rings (SSSR count). The lowest BCUT2D eigenvalue weighted by Gasteiger charge is -2.53. The predicted octanol–water partition coefficient (Wildman–Crippen LogP) is 2.73. The summed E-state index contributed by atoms with van der Waals surface area (Å²) in [4.78, 5) is 15.5. The van der Waals surface area contributed by atoms with Crippen molar-refractivity contribution in [2.24, 2.45) is 10.8 Å². The van der Waals surface area contributed by atoms with E-state index in [1.807, 2.05) is 23.1 Å². The van der Waals surface area contributed by atoms with Crippen molar-refractivity contribution in [1.82, 2.24) is 4.90 Å². The lowest BCUT2D eigenvalue weighted by Crippen LogP contribution is -2.61. The minimum absolute atomic E-state index is 0.0399. The summed E-state index contributed by atoms with van der Waals surface area (Å²) in [5.41, 5.74) is 0.614. The van der Waals surface area contributed by atoms with Crippen molar-refractivity contribution in [2.45, 2.75) is 51.0 Å². The number of likely N-dealkylation sites (N-methyl/N-ethyl adjacent to an activating group) is 1. The summed E-state index contributed by atoms with van der Waals surface area (Å²) >= 11 is 0. The normalized spacial score (nSPS) is 43.5. The van der Waals surface area contributed by atoms with Crippen molar-refractivity contribution < 1.29 is 9.90 Å². The third-order valence-corrected chi connectivity index (χ3v) is 7.09. The SMILES string of the molecule is CCN1CC[C@@]23C[C@@]2(C)C(O)CCC3(c2ccccc2)C1=O. The summed E-state index contributed by atoms with van der Waals surface area (Å²) in [7, 11) is 0. The molecule has 2 saturated carbocycles. The fourth-order valence-electron chi connectivity index (χ4n) is 5.73. The smallest absolute Gasteiger partial charge is 0.233 e. The van der Waals surface area contributed by atoms with E-state index >= 15 is 0 Å². The Balaban J connectivity index is 1.91. The van der Waals surface area contributed by atoms with Gasteiger partial charge >= 0.3 is 0 Å². The van der Waals surface area contributed by atoms with Crippen molar-refractivity contribution in [3.63, 3.8) is 0 Å². The topological polar surface area (TPSA) is 40.5 Å². The Hall–Kier alpha value is -1.35. The van der Waals surface area contributed by atoms with Gasteiger partial charge < -0.3 is 10.0 Å². The highest BCUT2D eigenvalue weighted by Crippen LogP contribution is 2.80. The molecule has 1 aromatic rings. The molecule has 22 heavy (non-hydrogen) atoms. The number of carbonyl (C=O) groups is 1. The minimum Gasteiger partial charge on any atom is -0.393 e. The molecule has 4 atom stereocenters. The Morgan fingerprint density at radius 3 is 2.68 bits per heavy atom. The van der Waals surface area contributed by atoms with Crippen LogP contribution in [0.25, 0.3) is 0 Å². The van der Waals surface area contributed by atoms with E-state index in [1.165, 1.54) is 0 Å². The molecule has 0 bridgehead atoms. The molecule has 1 heterocycles. The molecule has 1 saturated heterocycles. The number of likely N-dealkylation sites (tertiary alicyclic amines) is 1. The Morgan fingerprint density at radius 1 is 1.27 bits per heavy atom. The molecule has 1 aromatic carbocycles. The van der Waals surface area contributed by atoms with E-state index in [0.717, 1.165) is 44.3 Å². The van der Waals surface area contributed by atoms with Crippen LogP contribution in [-0.4, -0.2) is 35.1 Å². The number of rotatable bonds is 2. The largest absolute Gasteiger partial charge is 0.393 e. The van der Waals surface area contributed by atoms with Crippen LogP contribution in [0.5, 0.6) is 0 Å². The van der Waals surface area contributed by atoms with Crippen LogP contribution < -0.4 is 0 Å². The van der Waals surface area contributed by atoms with Gasteiger partial charge in [-0.05, 0) is 43.6 Å². The van der Waals surface area contributed by atoms with Crippen LogP contribution in [0.4, 0.5) is 0 Å². The Morgan fingerprint density at radius 2 is 2.00 bits per heavy atom. The zero-order chi connectivity index (χ0) is 15.6. The molecule has 118 valence electrons. The fourth-order valence-corrected chi connectivity index (χ4v) is 5.73. The van der Waals surface area contributed by atoms with E-state index < -0.39 is 5.41 Å². The van der Waals surface area contributed by atoms with Crippen LogP contribution >= 0.6 is 0 Å². The van der Waals surface area contributed by atoms with E-state index in [9.17, 15) is 9.90 Å². The first-order valence-electron chi connectivity index (χ1n) is 8.55. The van der Waals surface area contributed by atoms with Crippen molar-refractivity contribution >= 4 is 5.91 Å². The molecule has 3 fully saturated rings. The number of aliphatic hydroxyl groups is 1. The van der Waals surface area contributed by atoms with E-state index in [2.05, 4.69) is 26.0 Å². The number of amides is 1. The van der Waals surface area contributed by atoms with Crippen molar-refractivity contribution in [2.75, 3.05) is 13.1 Å². The lowest BCUT2D eigenvalue weighted by atomic mass is 9.54. The van der Waals surface area contributed by atoms with Gasteiger partial charge in [-0.15, -0.1) is 0 Å². The monoisotopic (exact) mass is 299 g/mol. The van der Waals surface area contributed by atoms with Gasteiger partial charge in [0, 0.05) is 18.5 Å². The number of benzene rings is 1. The molecule has 1 spiro atoms. The second-order valence-electron chi connectivity index (χ2n) is 7.64. The number of carbonyl (C=O) groups excluding carboxylic acids is 1. The van der Waals surface area contributed by atoms with Crippen molar-refractivity contribution in [3.05, 3.63) is 35.9 Å². The Labute approximate surface area is 132 Å². The number of hydrogen-bond donors (Lipinski definition) is 1. The van der Waals surface area contributed by atoms with Gasteiger partial charge in [0.05, 0.1) is 11.5 Å². The first-order valence-corrected chi connectivity index (χ1v) is 8.55. The number of piperidine rings is 1. The predicted molar refractivity (Wildman–Crippen MR) is 85.4 cm³/mol. The molecule has 0 radical (unpaired) electrons. The summed E-state index contributed by atoms with van der Waals surface area (Å²) < 4.78 is 0. The minimum atomic E-state index is -0.420. The summed E-state index contributed by atoms with van der Waals surface area (Å²) in [5.74, 6) is 0.295. The molecule has 1 N–H and O–H groups in total. The second kappa shape index (κ2) is 4.35. The van der Waals surface area contributed by atoms with Crippen molar-refractivity contribution in [1.29, 1.82) is 0 Å². The van der Waals surface area contributed by atoms with Crippen LogP contribution in [0.2, 0.25) is 0 Å². The Kier molecular flexibility index (Phi) is 2.82. The van der Waals surface area contributed by atoms with Gasteiger partial charge in [0.2, 0.25) is 5.91 Å². The number of hydrogen-bond acceptors (Lipinski definition) is 2. The maximum Gasteiger partial charge on any atom is 0.233 e. The summed E-state index contributed by atoms with van der Waals surface area (Å²) in [6.45, 7) is 5.89.